The van der Waals surface area contributed by atoms with Gasteiger partial charge < -0.3 is 15.5 Å². The van der Waals surface area contributed by atoms with Gasteiger partial charge in [-0.25, -0.2) is 4.79 Å². The standard InChI is InChI=1S/C15H23N3O2/c1-5-11(6-2)16-15(20)17-13-10-8-7-9-12(13)14(19)18(3)4/h7-11H,5-6H2,1-4H3,(H2,16,17,20). The van der Waals surface area contributed by atoms with Crippen molar-refractivity contribution in [2.75, 3.05) is 19.4 Å². The van der Waals surface area contributed by atoms with E-state index in [2.05, 4.69) is 10.6 Å². The summed E-state index contributed by atoms with van der Waals surface area (Å²) in [5, 5.41) is 5.63. The monoisotopic (exact) mass is 277 g/mol. The molecule has 5 heteroatoms. The largest absolute Gasteiger partial charge is 0.345 e. The maximum Gasteiger partial charge on any atom is 0.319 e. The highest BCUT2D eigenvalue weighted by molar-refractivity contribution is 6.03. The smallest absolute Gasteiger partial charge is 0.319 e. The molecule has 1 rings (SSSR count). The Morgan fingerprint density at radius 3 is 2.30 bits per heavy atom. The molecular weight excluding hydrogens is 254 g/mol. The molecule has 0 unspecified atom stereocenters. The molecule has 0 radical (unpaired) electrons. The molecule has 0 aromatic heterocycles. The van der Waals surface area contributed by atoms with Crippen molar-refractivity contribution >= 4 is 17.6 Å². The molecule has 0 saturated heterocycles. The van der Waals surface area contributed by atoms with Crippen molar-refractivity contribution in [2.45, 2.75) is 32.7 Å². The summed E-state index contributed by atoms with van der Waals surface area (Å²) in [4.78, 5) is 25.5. The molecule has 1 aromatic carbocycles. The molecule has 0 heterocycles. The third-order valence-corrected chi connectivity index (χ3v) is 3.13. The van der Waals surface area contributed by atoms with Gasteiger partial charge in [0.05, 0.1) is 11.3 Å². The average Bonchev–Trinajstić information content (AvgIpc) is 2.44. The first-order valence-corrected chi connectivity index (χ1v) is 6.87. The predicted molar refractivity (Wildman–Crippen MR) is 81.0 cm³/mol. The molecule has 5 nitrogen and oxygen atoms in total. The van der Waals surface area contributed by atoms with Gasteiger partial charge in [-0.2, -0.15) is 0 Å². The number of rotatable bonds is 5. The van der Waals surface area contributed by atoms with E-state index in [9.17, 15) is 9.59 Å². The van der Waals surface area contributed by atoms with E-state index in [0.717, 1.165) is 12.8 Å². The van der Waals surface area contributed by atoms with Crippen LogP contribution >= 0.6 is 0 Å². The Morgan fingerprint density at radius 2 is 1.75 bits per heavy atom. The van der Waals surface area contributed by atoms with Gasteiger partial charge in [-0.15, -0.1) is 0 Å². The van der Waals surface area contributed by atoms with E-state index < -0.39 is 0 Å². The van der Waals surface area contributed by atoms with Crippen molar-refractivity contribution in [1.29, 1.82) is 0 Å². The molecule has 2 N–H and O–H groups in total. The maximum absolute atomic E-state index is 12.0. The van der Waals surface area contributed by atoms with Gasteiger partial charge in [-0.3, -0.25) is 4.79 Å². The second-order valence-corrected chi connectivity index (χ2v) is 4.86. The second kappa shape index (κ2) is 7.53. The van der Waals surface area contributed by atoms with Crippen LogP contribution in [0.15, 0.2) is 24.3 Å². The van der Waals surface area contributed by atoms with Crippen molar-refractivity contribution < 1.29 is 9.59 Å². The topological polar surface area (TPSA) is 61.4 Å². The van der Waals surface area contributed by atoms with Gasteiger partial charge in [0.2, 0.25) is 0 Å². The summed E-state index contributed by atoms with van der Waals surface area (Å²) in [6.45, 7) is 4.05. The third-order valence-electron chi connectivity index (χ3n) is 3.13. The van der Waals surface area contributed by atoms with Gasteiger partial charge in [0, 0.05) is 20.1 Å². The molecule has 0 aliphatic heterocycles. The van der Waals surface area contributed by atoms with Crippen LogP contribution in [0.1, 0.15) is 37.0 Å². The minimum atomic E-state index is -0.280. The van der Waals surface area contributed by atoms with Crippen LogP contribution in [0.2, 0.25) is 0 Å². The van der Waals surface area contributed by atoms with Crippen LogP contribution in [0, 0.1) is 0 Å². The minimum absolute atomic E-state index is 0.136. The number of benzene rings is 1. The maximum atomic E-state index is 12.0. The quantitative estimate of drug-likeness (QED) is 0.869. The number of anilines is 1. The Balaban J connectivity index is 2.82. The number of carbonyl (C=O) groups excluding carboxylic acids is 2. The van der Waals surface area contributed by atoms with Gasteiger partial charge in [-0.05, 0) is 25.0 Å². The Labute approximate surface area is 120 Å². The molecule has 0 spiro atoms. The van der Waals surface area contributed by atoms with Crippen LogP contribution in [0.3, 0.4) is 0 Å². The molecule has 0 aliphatic rings. The van der Waals surface area contributed by atoms with Crippen molar-refractivity contribution in [2.24, 2.45) is 0 Å². The molecular formula is C15H23N3O2. The fourth-order valence-corrected chi connectivity index (χ4v) is 1.86. The van der Waals surface area contributed by atoms with Crippen molar-refractivity contribution in [3.05, 3.63) is 29.8 Å². The molecule has 3 amide bonds. The van der Waals surface area contributed by atoms with Crippen molar-refractivity contribution in [3.8, 4) is 0 Å². The lowest BCUT2D eigenvalue weighted by atomic mass is 10.1. The summed E-state index contributed by atoms with van der Waals surface area (Å²) in [6, 6.07) is 6.86. The lowest BCUT2D eigenvalue weighted by Gasteiger charge is -2.18. The second-order valence-electron chi connectivity index (χ2n) is 4.86. The zero-order valence-corrected chi connectivity index (χ0v) is 12.6. The Kier molecular flexibility index (Phi) is 6.03. The van der Waals surface area contributed by atoms with Crippen LogP contribution in [0.25, 0.3) is 0 Å². The summed E-state index contributed by atoms with van der Waals surface area (Å²) in [6.07, 6.45) is 1.75. The lowest BCUT2D eigenvalue weighted by Crippen LogP contribution is -2.37. The van der Waals surface area contributed by atoms with E-state index in [4.69, 9.17) is 0 Å². The normalized spacial score (nSPS) is 10.2. The fraction of sp³-hybridized carbons (Fsp3) is 0.467. The highest BCUT2D eigenvalue weighted by Crippen LogP contribution is 2.16. The molecule has 1 aromatic rings. The van der Waals surface area contributed by atoms with E-state index in [1.54, 1.807) is 38.4 Å². The first-order chi connectivity index (χ1) is 9.49. The third kappa shape index (κ3) is 4.26. The SMILES string of the molecule is CCC(CC)NC(=O)Nc1ccccc1C(=O)N(C)C. The first-order valence-electron chi connectivity index (χ1n) is 6.87. The van der Waals surface area contributed by atoms with Crippen molar-refractivity contribution in [1.82, 2.24) is 10.2 Å². The zero-order valence-electron chi connectivity index (χ0n) is 12.6. The van der Waals surface area contributed by atoms with E-state index >= 15 is 0 Å². The number of nitrogens with one attached hydrogen (secondary N) is 2. The summed E-state index contributed by atoms with van der Waals surface area (Å²) in [7, 11) is 3.37. The number of para-hydroxylation sites is 1. The molecule has 0 aliphatic carbocycles. The summed E-state index contributed by atoms with van der Waals surface area (Å²) >= 11 is 0. The number of amides is 3. The van der Waals surface area contributed by atoms with Gasteiger partial charge in [0.15, 0.2) is 0 Å². The van der Waals surface area contributed by atoms with Crippen molar-refractivity contribution in [3.63, 3.8) is 0 Å². The molecule has 0 atom stereocenters. The van der Waals surface area contributed by atoms with Crippen LogP contribution in [-0.2, 0) is 0 Å². The summed E-state index contributed by atoms with van der Waals surface area (Å²) < 4.78 is 0. The van der Waals surface area contributed by atoms with Gasteiger partial charge in [0.1, 0.15) is 0 Å². The summed E-state index contributed by atoms with van der Waals surface area (Å²) in [5.74, 6) is -0.136. The van der Waals surface area contributed by atoms with Gasteiger partial charge >= 0.3 is 6.03 Å². The van der Waals surface area contributed by atoms with Crippen LogP contribution in [0.4, 0.5) is 10.5 Å². The zero-order chi connectivity index (χ0) is 15.1. The van der Waals surface area contributed by atoms with Gasteiger partial charge in [-0.1, -0.05) is 26.0 Å². The number of carbonyl (C=O) groups is 2. The van der Waals surface area contributed by atoms with E-state index in [0.29, 0.717) is 11.3 Å². The molecule has 0 saturated carbocycles. The Morgan fingerprint density at radius 1 is 1.15 bits per heavy atom. The number of urea groups is 1. The molecule has 0 bridgehead atoms. The predicted octanol–water partition coefficient (Wildman–Crippen LogP) is 2.70. The fourth-order valence-electron chi connectivity index (χ4n) is 1.86. The number of nitrogens with zero attached hydrogens (tertiary/aromatic N) is 1. The highest BCUT2D eigenvalue weighted by atomic mass is 16.2. The van der Waals surface area contributed by atoms with Gasteiger partial charge in [0.25, 0.3) is 5.91 Å². The first kappa shape index (κ1) is 16.0. The number of hydrogen-bond donors (Lipinski definition) is 2. The molecule has 110 valence electrons. The molecule has 20 heavy (non-hydrogen) atoms. The van der Waals surface area contributed by atoms with Crippen LogP contribution < -0.4 is 10.6 Å². The van der Waals surface area contributed by atoms with E-state index in [1.165, 1.54) is 4.90 Å². The van der Waals surface area contributed by atoms with Crippen LogP contribution in [-0.4, -0.2) is 37.0 Å². The highest BCUT2D eigenvalue weighted by Gasteiger charge is 2.15. The summed E-state index contributed by atoms with van der Waals surface area (Å²) in [5.41, 5.74) is 1.01. The lowest BCUT2D eigenvalue weighted by molar-refractivity contribution is 0.0828. The van der Waals surface area contributed by atoms with E-state index in [1.807, 2.05) is 13.8 Å². The van der Waals surface area contributed by atoms with E-state index in [-0.39, 0.29) is 18.0 Å². The molecule has 0 fully saturated rings. The average molecular weight is 277 g/mol. The Hall–Kier alpha value is -2.04. The number of hydrogen-bond acceptors (Lipinski definition) is 2. The van der Waals surface area contributed by atoms with Crippen LogP contribution in [0.5, 0.6) is 0 Å². The minimum Gasteiger partial charge on any atom is -0.345 e. The Bertz CT molecular complexity index is 468.